The van der Waals surface area contributed by atoms with E-state index in [2.05, 4.69) is 10.6 Å². The van der Waals surface area contributed by atoms with Gasteiger partial charge in [0.15, 0.2) is 0 Å². The maximum absolute atomic E-state index is 14.0. The zero-order chi connectivity index (χ0) is 24.0. The fourth-order valence-electron chi connectivity index (χ4n) is 5.45. The molecule has 1 saturated carbocycles. The number of likely N-dealkylation sites (tertiary alicyclic amines) is 1. The van der Waals surface area contributed by atoms with Gasteiger partial charge in [0.25, 0.3) is 11.8 Å². The van der Waals surface area contributed by atoms with Gasteiger partial charge in [0.05, 0.1) is 11.5 Å². The van der Waals surface area contributed by atoms with Crippen LogP contribution < -0.4 is 15.4 Å². The molecule has 0 spiro atoms. The van der Waals surface area contributed by atoms with Crippen LogP contribution in [0.4, 0.5) is 4.39 Å². The van der Waals surface area contributed by atoms with E-state index in [0.29, 0.717) is 36.4 Å². The highest BCUT2D eigenvalue weighted by Gasteiger charge is 2.57. The number of halogens is 1. The SMILES string of the molecule is CCC(=O)N1C[C@@H]2C(NC(=O)c3cc(C(=O)NC)c4c(c3)[C@H](c3ccccc3)[C@@H](CF)O4)[C@@H]2C1. The third-order valence-electron chi connectivity index (χ3n) is 7.29. The number of nitrogens with one attached hydrogen (secondary N) is 2. The van der Waals surface area contributed by atoms with E-state index in [1.807, 2.05) is 42.2 Å². The molecule has 0 aromatic heterocycles. The lowest BCUT2D eigenvalue weighted by Crippen LogP contribution is -2.37. The summed E-state index contributed by atoms with van der Waals surface area (Å²) in [5.74, 6) is -0.103. The molecule has 0 radical (unpaired) electrons. The van der Waals surface area contributed by atoms with Crippen molar-refractivity contribution in [2.24, 2.45) is 11.8 Å². The first kappa shape index (κ1) is 22.4. The molecular formula is C26H28FN3O4. The van der Waals surface area contributed by atoms with Gasteiger partial charge in [-0.2, -0.15) is 0 Å². The molecule has 0 bridgehead atoms. The molecule has 8 heteroatoms. The van der Waals surface area contributed by atoms with Crippen LogP contribution >= 0.6 is 0 Å². The van der Waals surface area contributed by atoms with E-state index in [1.165, 1.54) is 13.1 Å². The van der Waals surface area contributed by atoms with Crippen LogP contribution in [0.3, 0.4) is 0 Å². The summed E-state index contributed by atoms with van der Waals surface area (Å²) in [6.45, 7) is 2.46. The lowest BCUT2D eigenvalue weighted by Gasteiger charge is -2.20. The Balaban J connectivity index is 1.43. The number of fused-ring (bicyclic) bond motifs is 2. The number of nitrogens with zero attached hydrogens (tertiary/aromatic N) is 1. The first-order chi connectivity index (χ1) is 16.5. The maximum Gasteiger partial charge on any atom is 0.254 e. The van der Waals surface area contributed by atoms with Crippen molar-refractivity contribution >= 4 is 17.7 Å². The molecular weight excluding hydrogens is 437 g/mol. The van der Waals surface area contributed by atoms with Gasteiger partial charge in [-0.15, -0.1) is 0 Å². The molecule has 3 amide bonds. The minimum Gasteiger partial charge on any atom is -0.486 e. The summed E-state index contributed by atoms with van der Waals surface area (Å²) in [5, 5.41) is 5.67. The largest absolute Gasteiger partial charge is 0.486 e. The quantitative estimate of drug-likeness (QED) is 0.686. The molecule has 7 nitrogen and oxygen atoms in total. The fraction of sp³-hybridized carbons (Fsp3) is 0.423. The molecule has 2 heterocycles. The molecule has 2 N–H and O–H groups in total. The van der Waals surface area contributed by atoms with Gasteiger partial charge >= 0.3 is 0 Å². The average molecular weight is 466 g/mol. The van der Waals surface area contributed by atoms with E-state index in [9.17, 15) is 18.8 Å². The number of hydrogen-bond acceptors (Lipinski definition) is 4. The van der Waals surface area contributed by atoms with Gasteiger partial charge in [0.1, 0.15) is 18.5 Å². The van der Waals surface area contributed by atoms with E-state index in [4.69, 9.17) is 4.74 Å². The van der Waals surface area contributed by atoms with Crippen LogP contribution in [0, 0.1) is 11.8 Å². The number of benzene rings is 2. The lowest BCUT2D eigenvalue weighted by atomic mass is 9.86. The van der Waals surface area contributed by atoms with Crippen molar-refractivity contribution < 1.29 is 23.5 Å². The standard InChI is InChI=1S/C26H28FN3O4/c1-3-21(31)30-12-18-19(13-30)23(18)29-25(32)15-9-16-22(14-7-5-4-6-8-14)20(11-27)34-24(16)17(10-15)26(33)28-2/h4-10,18-20,22-23H,3,11-13H2,1-2H3,(H,28,33)(H,29,32)/t18-,19+,20-,22+,23?/m1/s1. The predicted octanol–water partition coefficient (Wildman–Crippen LogP) is 2.51. The smallest absolute Gasteiger partial charge is 0.254 e. The van der Waals surface area contributed by atoms with Gasteiger partial charge in [-0.1, -0.05) is 37.3 Å². The lowest BCUT2D eigenvalue weighted by molar-refractivity contribution is -0.130. The summed E-state index contributed by atoms with van der Waals surface area (Å²) in [6, 6.07) is 12.7. The van der Waals surface area contributed by atoms with Gasteiger partial charge in [0, 0.05) is 55.6 Å². The molecule has 3 aliphatic rings. The van der Waals surface area contributed by atoms with Gasteiger partial charge in [0.2, 0.25) is 5.91 Å². The van der Waals surface area contributed by atoms with E-state index < -0.39 is 24.6 Å². The molecule has 178 valence electrons. The second kappa shape index (κ2) is 8.74. The number of alkyl halides is 1. The molecule has 34 heavy (non-hydrogen) atoms. The maximum atomic E-state index is 14.0. The summed E-state index contributed by atoms with van der Waals surface area (Å²) in [4.78, 5) is 39.7. The number of ether oxygens (including phenoxy) is 1. The molecule has 2 aliphatic heterocycles. The van der Waals surface area contributed by atoms with Gasteiger partial charge in [-0.05, 0) is 17.7 Å². The van der Waals surface area contributed by atoms with Crippen LogP contribution in [0.15, 0.2) is 42.5 Å². The highest BCUT2D eigenvalue weighted by molar-refractivity contribution is 6.02. The van der Waals surface area contributed by atoms with Crippen LogP contribution in [-0.2, 0) is 4.79 Å². The molecule has 1 saturated heterocycles. The summed E-state index contributed by atoms with van der Waals surface area (Å²) in [7, 11) is 1.51. The first-order valence-corrected chi connectivity index (χ1v) is 11.7. The Kier molecular flexibility index (Phi) is 5.75. The second-order valence-corrected chi connectivity index (χ2v) is 9.20. The van der Waals surface area contributed by atoms with Crippen LogP contribution in [0.5, 0.6) is 5.75 Å². The number of carbonyl (C=O) groups is 3. The molecule has 2 aromatic rings. The van der Waals surface area contributed by atoms with Crippen molar-refractivity contribution in [3.63, 3.8) is 0 Å². The number of rotatable bonds is 6. The van der Waals surface area contributed by atoms with Crippen molar-refractivity contribution in [1.29, 1.82) is 0 Å². The van der Waals surface area contributed by atoms with E-state index in [0.717, 1.165) is 5.56 Å². The zero-order valence-electron chi connectivity index (χ0n) is 19.2. The van der Waals surface area contributed by atoms with Crippen molar-refractivity contribution in [3.8, 4) is 5.75 Å². The minimum absolute atomic E-state index is 0.0184. The Hall–Kier alpha value is -3.42. The van der Waals surface area contributed by atoms with Crippen LogP contribution in [0.25, 0.3) is 0 Å². The number of piperidine rings is 1. The third kappa shape index (κ3) is 3.71. The molecule has 2 aromatic carbocycles. The number of carbonyl (C=O) groups excluding carboxylic acids is 3. The topological polar surface area (TPSA) is 87.7 Å². The molecule has 2 fully saturated rings. The van der Waals surface area contributed by atoms with Crippen molar-refractivity contribution in [1.82, 2.24) is 15.5 Å². The van der Waals surface area contributed by atoms with E-state index >= 15 is 0 Å². The zero-order valence-corrected chi connectivity index (χ0v) is 19.2. The molecule has 1 unspecified atom stereocenters. The van der Waals surface area contributed by atoms with E-state index in [-0.39, 0.29) is 35.3 Å². The van der Waals surface area contributed by atoms with Gasteiger partial charge in [-0.25, -0.2) is 4.39 Å². The molecule has 5 atom stereocenters. The predicted molar refractivity (Wildman–Crippen MR) is 124 cm³/mol. The van der Waals surface area contributed by atoms with Gasteiger partial charge in [-0.3, -0.25) is 14.4 Å². The molecule has 1 aliphatic carbocycles. The van der Waals surface area contributed by atoms with Gasteiger partial charge < -0.3 is 20.3 Å². The van der Waals surface area contributed by atoms with Crippen molar-refractivity contribution in [3.05, 3.63) is 64.7 Å². The van der Waals surface area contributed by atoms with Crippen LogP contribution in [0.2, 0.25) is 0 Å². The fourth-order valence-corrected chi connectivity index (χ4v) is 5.45. The monoisotopic (exact) mass is 465 g/mol. The summed E-state index contributed by atoms with van der Waals surface area (Å²) >= 11 is 0. The summed E-state index contributed by atoms with van der Waals surface area (Å²) in [6.07, 6.45) is -0.290. The van der Waals surface area contributed by atoms with Crippen molar-refractivity contribution in [2.75, 3.05) is 26.8 Å². The number of amides is 3. The Morgan fingerprint density at radius 2 is 1.79 bits per heavy atom. The van der Waals surface area contributed by atoms with Crippen LogP contribution in [0.1, 0.15) is 51.1 Å². The Bertz CT molecular complexity index is 1130. The Morgan fingerprint density at radius 1 is 1.09 bits per heavy atom. The van der Waals surface area contributed by atoms with Crippen molar-refractivity contribution in [2.45, 2.75) is 31.4 Å². The number of hydrogen-bond donors (Lipinski definition) is 2. The highest BCUT2D eigenvalue weighted by atomic mass is 19.1. The molecule has 5 rings (SSSR count). The second-order valence-electron chi connectivity index (χ2n) is 9.20. The minimum atomic E-state index is -0.774. The highest BCUT2D eigenvalue weighted by Crippen LogP contribution is 2.47. The summed E-state index contributed by atoms with van der Waals surface area (Å²) < 4.78 is 19.9. The average Bonchev–Trinajstić information content (AvgIpc) is 3.20. The Labute approximate surface area is 197 Å². The Morgan fingerprint density at radius 3 is 2.41 bits per heavy atom. The van der Waals surface area contributed by atoms with E-state index in [1.54, 1.807) is 6.07 Å². The summed E-state index contributed by atoms with van der Waals surface area (Å²) in [5.41, 5.74) is 2.06. The van der Waals surface area contributed by atoms with Crippen LogP contribution in [-0.4, -0.2) is 61.6 Å². The third-order valence-corrected chi connectivity index (χ3v) is 7.29. The normalized spacial score (nSPS) is 26.3. The first-order valence-electron chi connectivity index (χ1n) is 11.7.